The molecule has 0 saturated heterocycles. The van der Waals surface area contributed by atoms with Crippen LogP contribution in [-0.2, 0) is 11.3 Å². The van der Waals surface area contributed by atoms with Crippen molar-refractivity contribution in [2.24, 2.45) is 5.92 Å². The molecule has 3 heteroatoms. The Kier molecular flexibility index (Phi) is 4.21. The highest BCUT2D eigenvalue weighted by molar-refractivity contribution is 6.30. The first kappa shape index (κ1) is 12.2. The Morgan fingerprint density at radius 2 is 2.12 bits per heavy atom. The molecule has 1 aliphatic rings. The molecule has 0 spiro atoms. The summed E-state index contributed by atoms with van der Waals surface area (Å²) in [5.74, 6) is 0.553. The van der Waals surface area contributed by atoms with Crippen LogP contribution in [0.25, 0.3) is 0 Å². The highest BCUT2D eigenvalue weighted by Crippen LogP contribution is 2.20. The van der Waals surface area contributed by atoms with Gasteiger partial charge in [-0.25, -0.2) is 0 Å². The Bertz CT molecular complexity index is 411. The van der Waals surface area contributed by atoms with E-state index in [1.54, 1.807) is 0 Å². The molecular weight excluding hydrogens is 234 g/mol. The SMILES string of the molecule is O=C(CC1C=CCC1)NCc1ccc(Cl)cc1. The first-order valence-electron chi connectivity index (χ1n) is 5.92. The molecule has 1 atom stereocenters. The number of carbonyl (C=O) groups is 1. The van der Waals surface area contributed by atoms with Gasteiger partial charge in [-0.15, -0.1) is 0 Å². The van der Waals surface area contributed by atoms with E-state index in [2.05, 4.69) is 17.5 Å². The fraction of sp³-hybridized carbons (Fsp3) is 0.357. The van der Waals surface area contributed by atoms with Crippen LogP contribution in [0.3, 0.4) is 0 Å². The Labute approximate surface area is 107 Å². The van der Waals surface area contributed by atoms with Crippen molar-refractivity contribution in [3.8, 4) is 0 Å². The number of hydrogen-bond acceptors (Lipinski definition) is 1. The molecule has 0 saturated carbocycles. The molecule has 0 heterocycles. The van der Waals surface area contributed by atoms with Crippen LogP contribution >= 0.6 is 11.6 Å². The van der Waals surface area contributed by atoms with Crippen LogP contribution in [0.15, 0.2) is 36.4 Å². The third-order valence-corrected chi connectivity index (χ3v) is 3.21. The summed E-state index contributed by atoms with van der Waals surface area (Å²) in [7, 11) is 0. The molecule has 17 heavy (non-hydrogen) atoms. The summed E-state index contributed by atoms with van der Waals surface area (Å²) in [4.78, 5) is 11.7. The lowest BCUT2D eigenvalue weighted by Crippen LogP contribution is -2.24. The van der Waals surface area contributed by atoms with Gasteiger partial charge in [0.05, 0.1) is 0 Å². The summed E-state index contributed by atoms with van der Waals surface area (Å²) in [6, 6.07) is 7.53. The Morgan fingerprint density at radius 1 is 1.35 bits per heavy atom. The van der Waals surface area contributed by atoms with Crippen molar-refractivity contribution in [2.75, 3.05) is 0 Å². The van der Waals surface area contributed by atoms with Crippen molar-refractivity contribution in [1.82, 2.24) is 5.32 Å². The van der Waals surface area contributed by atoms with E-state index in [0.717, 1.165) is 23.4 Å². The molecule has 0 radical (unpaired) electrons. The standard InChI is InChI=1S/C14H16ClNO/c15-13-7-5-12(6-8-13)10-16-14(17)9-11-3-1-2-4-11/h1,3,5-8,11H,2,4,9-10H2,(H,16,17). The van der Waals surface area contributed by atoms with E-state index in [9.17, 15) is 4.79 Å². The summed E-state index contributed by atoms with van der Waals surface area (Å²) in [6.45, 7) is 0.576. The van der Waals surface area contributed by atoms with Crippen molar-refractivity contribution < 1.29 is 4.79 Å². The number of carbonyl (C=O) groups excluding carboxylic acids is 1. The van der Waals surface area contributed by atoms with E-state index < -0.39 is 0 Å². The normalized spacial score (nSPS) is 18.3. The van der Waals surface area contributed by atoms with Crippen molar-refractivity contribution >= 4 is 17.5 Å². The van der Waals surface area contributed by atoms with Crippen LogP contribution in [0.4, 0.5) is 0 Å². The van der Waals surface area contributed by atoms with Crippen LogP contribution in [0, 0.1) is 5.92 Å². The van der Waals surface area contributed by atoms with Crippen molar-refractivity contribution in [1.29, 1.82) is 0 Å². The van der Waals surface area contributed by atoms with Gasteiger partial charge in [0.25, 0.3) is 0 Å². The smallest absolute Gasteiger partial charge is 0.220 e. The van der Waals surface area contributed by atoms with Gasteiger partial charge in [-0.1, -0.05) is 35.9 Å². The maximum Gasteiger partial charge on any atom is 0.220 e. The summed E-state index contributed by atoms with van der Waals surface area (Å²) in [5, 5.41) is 3.65. The Morgan fingerprint density at radius 3 is 2.76 bits per heavy atom. The quantitative estimate of drug-likeness (QED) is 0.815. The van der Waals surface area contributed by atoms with E-state index in [1.807, 2.05) is 24.3 Å². The lowest BCUT2D eigenvalue weighted by Gasteiger charge is -2.08. The van der Waals surface area contributed by atoms with Crippen LogP contribution in [0.2, 0.25) is 5.02 Å². The Balaban J connectivity index is 1.75. The van der Waals surface area contributed by atoms with E-state index in [-0.39, 0.29) is 5.91 Å². The number of allylic oxidation sites excluding steroid dienone is 2. The number of benzene rings is 1. The Hall–Kier alpha value is -1.28. The number of hydrogen-bond donors (Lipinski definition) is 1. The van der Waals surface area contributed by atoms with Gasteiger partial charge in [0, 0.05) is 18.0 Å². The minimum atomic E-state index is 0.122. The maximum atomic E-state index is 11.7. The zero-order valence-corrected chi connectivity index (χ0v) is 10.4. The van der Waals surface area contributed by atoms with Gasteiger partial charge in [-0.05, 0) is 36.5 Å². The molecule has 0 fully saturated rings. The lowest BCUT2D eigenvalue weighted by molar-refractivity contribution is -0.121. The number of amides is 1. The van der Waals surface area contributed by atoms with Gasteiger partial charge < -0.3 is 5.32 Å². The van der Waals surface area contributed by atoms with Crippen LogP contribution < -0.4 is 5.32 Å². The van der Waals surface area contributed by atoms with Crippen LogP contribution in [0.1, 0.15) is 24.8 Å². The van der Waals surface area contributed by atoms with Crippen molar-refractivity contribution in [3.05, 3.63) is 47.0 Å². The molecule has 90 valence electrons. The predicted octanol–water partition coefficient (Wildman–Crippen LogP) is 3.31. The molecule has 0 aromatic heterocycles. The minimum Gasteiger partial charge on any atom is -0.352 e. The highest BCUT2D eigenvalue weighted by atomic mass is 35.5. The fourth-order valence-corrected chi connectivity index (χ4v) is 2.10. The van der Waals surface area contributed by atoms with E-state index in [0.29, 0.717) is 18.9 Å². The molecular formula is C14H16ClNO. The predicted molar refractivity (Wildman–Crippen MR) is 69.8 cm³/mol. The average molecular weight is 250 g/mol. The first-order chi connectivity index (χ1) is 8.24. The fourth-order valence-electron chi connectivity index (χ4n) is 1.98. The van der Waals surface area contributed by atoms with E-state index >= 15 is 0 Å². The number of rotatable bonds is 4. The maximum absolute atomic E-state index is 11.7. The second-order valence-corrected chi connectivity index (χ2v) is 4.81. The van der Waals surface area contributed by atoms with Gasteiger partial charge in [-0.3, -0.25) is 4.79 Å². The topological polar surface area (TPSA) is 29.1 Å². The van der Waals surface area contributed by atoms with Crippen molar-refractivity contribution in [2.45, 2.75) is 25.8 Å². The van der Waals surface area contributed by atoms with E-state index in [1.165, 1.54) is 0 Å². The van der Waals surface area contributed by atoms with Gasteiger partial charge in [-0.2, -0.15) is 0 Å². The van der Waals surface area contributed by atoms with Gasteiger partial charge in [0.2, 0.25) is 5.91 Å². The molecule has 0 aliphatic heterocycles. The van der Waals surface area contributed by atoms with Crippen LogP contribution in [0.5, 0.6) is 0 Å². The largest absolute Gasteiger partial charge is 0.352 e. The second-order valence-electron chi connectivity index (χ2n) is 4.37. The molecule has 1 aromatic carbocycles. The molecule has 1 unspecified atom stereocenters. The molecule has 2 nitrogen and oxygen atoms in total. The number of nitrogens with one attached hydrogen (secondary N) is 1. The minimum absolute atomic E-state index is 0.122. The summed E-state index contributed by atoms with van der Waals surface area (Å²) < 4.78 is 0. The molecule has 1 aromatic rings. The van der Waals surface area contributed by atoms with Gasteiger partial charge in [0.15, 0.2) is 0 Å². The van der Waals surface area contributed by atoms with Crippen molar-refractivity contribution in [3.63, 3.8) is 0 Å². The van der Waals surface area contributed by atoms with Gasteiger partial charge in [0.1, 0.15) is 0 Å². The number of halogens is 1. The van der Waals surface area contributed by atoms with Crippen LogP contribution in [-0.4, -0.2) is 5.91 Å². The summed E-state index contributed by atoms with van der Waals surface area (Å²) in [6.07, 6.45) is 7.10. The lowest BCUT2D eigenvalue weighted by atomic mass is 10.1. The third-order valence-electron chi connectivity index (χ3n) is 2.96. The summed E-state index contributed by atoms with van der Waals surface area (Å²) in [5.41, 5.74) is 1.07. The first-order valence-corrected chi connectivity index (χ1v) is 6.29. The third kappa shape index (κ3) is 3.90. The zero-order valence-electron chi connectivity index (χ0n) is 9.66. The van der Waals surface area contributed by atoms with E-state index in [4.69, 9.17) is 11.6 Å². The average Bonchev–Trinajstić information content (AvgIpc) is 2.81. The molecule has 2 rings (SSSR count). The summed E-state index contributed by atoms with van der Waals surface area (Å²) >= 11 is 5.79. The molecule has 0 bridgehead atoms. The second kappa shape index (κ2) is 5.87. The monoisotopic (exact) mass is 249 g/mol. The zero-order chi connectivity index (χ0) is 12.1. The highest BCUT2D eigenvalue weighted by Gasteiger charge is 2.13. The van der Waals surface area contributed by atoms with Gasteiger partial charge >= 0.3 is 0 Å². The molecule has 1 amide bonds. The molecule has 1 N–H and O–H groups in total. The molecule has 1 aliphatic carbocycles.